The lowest BCUT2D eigenvalue weighted by atomic mass is 9.91. The topological polar surface area (TPSA) is 36.0 Å². The van der Waals surface area contributed by atoms with Gasteiger partial charge in [0.15, 0.2) is 0 Å². The van der Waals surface area contributed by atoms with Gasteiger partial charge in [-0.05, 0) is 36.6 Å². The van der Waals surface area contributed by atoms with Crippen LogP contribution in [0.25, 0.3) is 0 Å². The van der Waals surface area contributed by atoms with E-state index in [0.717, 1.165) is 24.1 Å². The van der Waals surface area contributed by atoms with Gasteiger partial charge in [-0.3, -0.25) is 0 Å². The summed E-state index contributed by atoms with van der Waals surface area (Å²) in [6.07, 6.45) is 4.06. The molecule has 0 radical (unpaired) electrons. The summed E-state index contributed by atoms with van der Waals surface area (Å²) in [6, 6.07) is 12.0. The number of aromatic amines is 1. The van der Waals surface area contributed by atoms with E-state index in [-0.39, 0.29) is 0 Å². The molecule has 0 saturated heterocycles. The second-order valence-corrected chi connectivity index (χ2v) is 4.60. The fourth-order valence-corrected chi connectivity index (χ4v) is 2.07. The van der Waals surface area contributed by atoms with Gasteiger partial charge in [-0.15, -0.1) is 0 Å². The van der Waals surface area contributed by atoms with Crippen LogP contribution in [0.3, 0.4) is 0 Å². The second kappa shape index (κ2) is 4.76. The number of rotatable bonds is 4. The maximum atomic E-state index is 10.5. The molecule has 0 aliphatic heterocycles. The lowest BCUT2D eigenvalue weighted by Gasteiger charge is -2.23. The Bertz CT molecular complexity index is 454. The normalized spacial score (nSPS) is 14.5. The fraction of sp³-hybridized carbons (Fsp3) is 0.333. The zero-order valence-corrected chi connectivity index (χ0v) is 10.4. The molecule has 2 nitrogen and oxygen atoms in total. The van der Waals surface area contributed by atoms with E-state index >= 15 is 0 Å². The molecule has 90 valence electrons. The molecule has 2 N–H and O–H groups in total. The Hall–Kier alpha value is -1.54. The van der Waals surface area contributed by atoms with Crippen LogP contribution in [-0.4, -0.2) is 10.1 Å². The van der Waals surface area contributed by atoms with Crippen molar-refractivity contribution in [1.82, 2.24) is 4.98 Å². The number of aryl methyl sites for hydroxylation is 1. The fourth-order valence-electron chi connectivity index (χ4n) is 2.07. The van der Waals surface area contributed by atoms with Gasteiger partial charge in [0.25, 0.3) is 0 Å². The number of H-pyrrole nitrogens is 1. The molecule has 0 aliphatic carbocycles. The molecule has 0 aliphatic rings. The van der Waals surface area contributed by atoms with Crippen molar-refractivity contribution >= 4 is 0 Å². The lowest BCUT2D eigenvalue weighted by Crippen LogP contribution is -2.23. The number of benzene rings is 1. The maximum absolute atomic E-state index is 10.5. The predicted molar refractivity (Wildman–Crippen MR) is 69.9 cm³/mol. The van der Waals surface area contributed by atoms with Crippen molar-refractivity contribution < 1.29 is 5.11 Å². The van der Waals surface area contributed by atoms with Crippen LogP contribution in [0.4, 0.5) is 0 Å². The lowest BCUT2D eigenvalue weighted by molar-refractivity contribution is 0.0980. The van der Waals surface area contributed by atoms with Gasteiger partial charge in [-0.2, -0.15) is 0 Å². The molecule has 0 spiro atoms. The van der Waals surface area contributed by atoms with E-state index in [1.807, 2.05) is 37.4 Å². The number of hydrogen-bond acceptors (Lipinski definition) is 1. The quantitative estimate of drug-likeness (QED) is 0.829. The molecule has 2 heteroatoms. The molecule has 1 atom stereocenters. The zero-order chi connectivity index (χ0) is 12.3. The smallest absolute Gasteiger partial charge is 0.126 e. The van der Waals surface area contributed by atoms with Crippen LogP contribution in [0.2, 0.25) is 0 Å². The minimum absolute atomic E-state index is 0.820. The Balaban J connectivity index is 2.27. The van der Waals surface area contributed by atoms with E-state index in [1.165, 1.54) is 5.56 Å². The standard InChI is InChI=1S/C15H19NO/c1-3-5-12-7-9-13(10-8-12)15(2,17)14-6-4-11-16-14/h4,6-11,16-17H,3,5H2,1-2H3. The van der Waals surface area contributed by atoms with Crippen molar-refractivity contribution in [3.8, 4) is 0 Å². The van der Waals surface area contributed by atoms with Gasteiger partial charge < -0.3 is 10.1 Å². The zero-order valence-electron chi connectivity index (χ0n) is 10.4. The molecule has 1 heterocycles. The van der Waals surface area contributed by atoms with Crippen LogP contribution >= 0.6 is 0 Å². The molecule has 0 bridgehead atoms. The number of hydrogen-bond donors (Lipinski definition) is 2. The Morgan fingerprint density at radius 1 is 1.18 bits per heavy atom. The summed E-state index contributed by atoms with van der Waals surface area (Å²) in [5.41, 5.74) is 2.10. The molecule has 1 unspecified atom stereocenters. The molecule has 1 aromatic heterocycles. The SMILES string of the molecule is CCCc1ccc(C(C)(O)c2ccc[nH]2)cc1. The van der Waals surface area contributed by atoms with Crippen molar-refractivity contribution in [1.29, 1.82) is 0 Å². The number of aliphatic hydroxyl groups is 1. The largest absolute Gasteiger partial charge is 0.379 e. The highest BCUT2D eigenvalue weighted by Crippen LogP contribution is 2.27. The first-order valence-electron chi connectivity index (χ1n) is 6.10. The van der Waals surface area contributed by atoms with Gasteiger partial charge in [0.05, 0.1) is 5.69 Å². The molecule has 0 saturated carbocycles. The summed E-state index contributed by atoms with van der Waals surface area (Å²) < 4.78 is 0. The average Bonchev–Trinajstić information content (AvgIpc) is 2.84. The van der Waals surface area contributed by atoms with Crippen LogP contribution in [0.15, 0.2) is 42.6 Å². The first-order chi connectivity index (χ1) is 8.14. The van der Waals surface area contributed by atoms with Crippen LogP contribution in [0, 0.1) is 0 Å². The third-order valence-corrected chi connectivity index (χ3v) is 3.18. The monoisotopic (exact) mass is 229 g/mol. The van der Waals surface area contributed by atoms with Crippen molar-refractivity contribution in [3.05, 3.63) is 59.4 Å². The number of aromatic nitrogens is 1. The van der Waals surface area contributed by atoms with E-state index in [4.69, 9.17) is 0 Å². The molecule has 2 rings (SSSR count). The highest BCUT2D eigenvalue weighted by atomic mass is 16.3. The first kappa shape index (κ1) is 11.9. The predicted octanol–water partition coefficient (Wildman–Crippen LogP) is 3.22. The molecular formula is C15H19NO. The second-order valence-electron chi connectivity index (χ2n) is 4.60. The third-order valence-electron chi connectivity index (χ3n) is 3.18. The Morgan fingerprint density at radius 3 is 2.41 bits per heavy atom. The van der Waals surface area contributed by atoms with E-state index in [0.29, 0.717) is 0 Å². The summed E-state index contributed by atoms with van der Waals surface area (Å²) in [5.74, 6) is 0. The third kappa shape index (κ3) is 2.42. The van der Waals surface area contributed by atoms with Gasteiger partial charge >= 0.3 is 0 Å². The molecule has 2 aromatic rings. The summed E-state index contributed by atoms with van der Waals surface area (Å²) in [7, 11) is 0. The number of nitrogens with one attached hydrogen (secondary N) is 1. The van der Waals surface area contributed by atoms with E-state index in [1.54, 1.807) is 0 Å². The Labute approximate surface area is 102 Å². The summed E-state index contributed by atoms with van der Waals surface area (Å²) in [4.78, 5) is 3.07. The maximum Gasteiger partial charge on any atom is 0.126 e. The molecule has 1 aromatic carbocycles. The molecule has 0 amide bonds. The average molecular weight is 229 g/mol. The van der Waals surface area contributed by atoms with Gasteiger partial charge in [-0.1, -0.05) is 37.6 Å². The van der Waals surface area contributed by atoms with Crippen molar-refractivity contribution in [2.45, 2.75) is 32.3 Å². The van der Waals surface area contributed by atoms with Crippen LogP contribution < -0.4 is 0 Å². The summed E-state index contributed by atoms with van der Waals surface area (Å²) >= 11 is 0. The van der Waals surface area contributed by atoms with Crippen molar-refractivity contribution in [3.63, 3.8) is 0 Å². The summed E-state index contributed by atoms with van der Waals surface area (Å²) in [5, 5.41) is 10.5. The van der Waals surface area contributed by atoms with E-state index < -0.39 is 5.60 Å². The van der Waals surface area contributed by atoms with Crippen LogP contribution in [0.1, 0.15) is 37.1 Å². The Kier molecular flexibility index (Phi) is 3.34. The van der Waals surface area contributed by atoms with Gasteiger partial charge in [0.1, 0.15) is 5.60 Å². The summed E-state index contributed by atoms with van der Waals surface area (Å²) in [6.45, 7) is 3.98. The van der Waals surface area contributed by atoms with E-state index in [2.05, 4.69) is 24.0 Å². The minimum Gasteiger partial charge on any atom is -0.379 e. The Morgan fingerprint density at radius 2 is 1.88 bits per heavy atom. The van der Waals surface area contributed by atoms with Gasteiger partial charge in [0, 0.05) is 6.20 Å². The van der Waals surface area contributed by atoms with Crippen LogP contribution in [-0.2, 0) is 12.0 Å². The molecule has 17 heavy (non-hydrogen) atoms. The van der Waals surface area contributed by atoms with Crippen LogP contribution in [0.5, 0.6) is 0 Å². The van der Waals surface area contributed by atoms with E-state index in [9.17, 15) is 5.11 Å². The molecular weight excluding hydrogens is 210 g/mol. The molecule has 0 fully saturated rings. The highest BCUT2D eigenvalue weighted by Gasteiger charge is 2.26. The highest BCUT2D eigenvalue weighted by molar-refractivity contribution is 5.33. The minimum atomic E-state index is -0.950. The van der Waals surface area contributed by atoms with Gasteiger partial charge in [-0.25, -0.2) is 0 Å². The first-order valence-corrected chi connectivity index (χ1v) is 6.10. The van der Waals surface area contributed by atoms with Crippen molar-refractivity contribution in [2.24, 2.45) is 0 Å². The van der Waals surface area contributed by atoms with Gasteiger partial charge in [0.2, 0.25) is 0 Å². The van der Waals surface area contributed by atoms with Crippen molar-refractivity contribution in [2.75, 3.05) is 0 Å².